The molecule has 0 heterocycles. The van der Waals surface area contributed by atoms with Crippen molar-refractivity contribution in [2.24, 2.45) is 17.3 Å². The zero-order valence-corrected chi connectivity index (χ0v) is 18.3. The summed E-state index contributed by atoms with van der Waals surface area (Å²) >= 11 is 0. The lowest BCUT2D eigenvalue weighted by Crippen LogP contribution is -2.58. The number of rotatable bonds is 9. The molecule has 4 aliphatic rings. The van der Waals surface area contributed by atoms with Crippen LogP contribution < -0.4 is 0 Å². The summed E-state index contributed by atoms with van der Waals surface area (Å²) in [6, 6.07) is 0. The molecular weight excluding hydrogens is 444 g/mol. The highest BCUT2D eigenvalue weighted by Crippen LogP contribution is 2.65. The van der Waals surface area contributed by atoms with Gasteiger partial charge in [0.05, 0.1) is 5.60 Å². The molecule has 4 bridgehead atoms. The molecule has 4 aliphatic carbocycles. The van der Waals surface area contributed by atoms with Gasteiger partial charge >= 0.3 is 17.1 Å². The summed E-state index contributed by atoms with van der Waals surface area (Å²) in [7, 11) is -6.50. The highest BCUT2D eigenvalue weighted by Gasteiger charge is 2.64. The second-order valence-electron chi connectivity index (χ2n) is 9.69. The van der Waals surface area contributed by atoms with Crippen LogP contribution in [0.1, 0.15) is 65.2 Å². The molecule has 0 aromatic carbocycles. The van der Waals surface area contributed by atoms with Crippen LogP contribution in [0.5, 0.6) is 0 Å². The SMILES string of the molecule is C=C(C)C(=O)OC(C)OC12CC3CC(CC(CCC(F)(F)C(F)(F)S(=O)(=O)[O-])(C3)C1)C2. The van der Waals surface area contributed by atoms with Crippen molar-refractivity contribution in [3.8, 4) is 0 Å². The first-order valence-electron chi connectivity index (χ1n) is 10.3. The molecule has 0 spiro atoms. The van der Waals surface area contributed by atoms with Crippen molar-refractivity contribution in [3.63, 3.8) is 0 Å². The van der Waals surface area contributed by atoms with Crippen LogP contribution in [0.15, 0.2) is 12.2 Å². The molecule has 3 atom stereocenters. The maximum atomic E-state index is 14.1. The van der Waals surface area contributed by atoms with Crippen molar-refractivity contribution in [2.75, 3.05) is 0 Å². The first kappa shape index (κ1) is 24.4. The van der Waals surface area contributed by atoms with Gasteiger partial charge in [-0.2, -0.15) is 17.6 Å². The topological polar surface area (TPSA) is 92.7 Å². The Morgan fingerprint density at radius 2 is 1.74 bits per heavy atom. The smallest absolute Gasteiger partial charge is 0.396 e. The Hall–Kier alpha value is -1.20. The highest BCUT2D eigenvalue weighted by molar-refractivity contribution is 7.86. The van der Waals surface area contributed by atoms with Crippen LogP contribution in [0, 0.1) is 17.3 Å². The molecule has 178 valence electrons. The molecule has 0 radical (unpaired) electrons. The van der Waals surface area contributed by atoms with E-state index in [2.05, 4.69) is 6.58 Å². The Kier molecular flexibility index (Phi) is 6.06. The van der Waals surface area contributed by atoms with E-state index in [4.69, 9.17) is 9.47 Å². The van der Waals surface area contributed by atoms with Gasteiger partial charge in [-0.3, -0.25) is 0 Å². The second-order valence-corrected chi connectivity index (χ2v) is 11.1. The summed E-state index contributed by atoms with van der Waals surface area (Å²) < 4.78 is 98.6. The fraction of sp³-hybridized carbons (Fsp3) is 0.850. The third kappa shape index (κ3) is 4.64. The van der Waals surface area contributed by atoms with E-state index >= 15 is 0 Å². The summed E-state index contributed by atoms with van der Waals surface area (Å²) in [6.07, 6.45) is 0.987. The molecular formula is C20H27F4O6S-. The van der Waals surface area contributed by atoms with E-state index in [9.17, 15) is 35.3 Å². The summed E-state index contributed by atoms with van der Waals surface area (Å²) in [5.74, 6) is -5.27. The van der Waals surface area contributed by atoms with Gasteiger partial charge in [-0.05, 0) is 76.0 Å². The molecule has 6 nitrogen and oxygen atoms in total. The van der Waals surface area contributed by atoms with E-state index in [0.717, 1.165) is 6.42 Å². The number of carbonyl (C=O) groups is 1. The Morgan fingerprint density at radius 3 is 2.23 bits per heavy atom. The number of esters is 1. The van der Waals surface area contributed by atoms with Crippen LogP contribution in [-0.4, -0.2) is 42.0 Å². The van der Waals surface area contributed by atoms with Gasteiger partial charge in [-0.1, -0.05) is 6.58 Å². The van der Waals surface area contributed by atoms with Crippen LogP contribution in [0.4, 0.5) is 17.6 Å². The molecule has 4 saturated carbocycles. The van der Waals surface area contributed by atoms with Gasteiger partial charge in [-0.15, -0.1) is 0 Å². The Morgan fingerprint density at radius 1 is 1.19 bits per heavy atom. The molecule has 0 saturated heterocycles. The summed E-state index contributed by atoms with van der Waals surface area (Å²) in [6.45, 7) is 6.55. The fourth-order valence-electron chi connectivity index (χ4n) is 6.17. The summed E-state index contributed by atoms with van der Waals surface area (Å²) in [4.78, 5) is 11.8. The molecule has 11 heteroatoms. The van der Waals surface area contributed by atoms with Crippen molar-refractivity contribution in [3.05, 3.63) is 12.2 Å². The number of hydrogen-bond donors (Lipinski definition) is 0. The van der Waals surface area contributed by atoms with Crippen LogP contribution >= 0.6 is 0 Å². The monoisotopic (exact) mass is 471 g/mol. The molecule has 0 amide bonds. The average molecular weight is 471 g/mol. The predicted octanol–water partition coefficient (Wildman–Crippen LogP) is 4.36. The fourth-order valence-corrected chi connectivity index (χ4v) is 6.64. The first-order chi connectivity index (χ1) is 14.0. The zero-order chi connectivity index (χ0) is 23.5. The van der Waals surface area contributed by atoms with Crippen molar-refractivity contribution >= 4 is 16.1 Å². The van der Waals surface area contributed by atoms with Gasteiger partial charge in [0.2, 0.25) is 6.29 Å². The maximum Gasteiger partial charge on any atom is 0.396 e. The molecule has 0 aromatic rings. The van der Waals surface area contributed by atoms with E-state index in [0.29, 0.717) is 32.1 Å². The minimum atomic E-state index is -6.50. The van der Waals surface area contributed by atoms with Crippen LogP contribution in [-0.2, 0) is 24.4 Å². The zero-order valence-electron chi connectivity index (χ0n) is 17.5. The Balaban J connectivity index is 1.74. The lowest BCUT2D eigenvalue weighted by Gasteiger charge is -2.62. The third-order valence-corrected chi connectivity index (χ3v) is 7.80. The molecule has 31 heavy (non-hydrogen) atoms. The predicted molar refractivity (Wildman–Crippen MR) is 100 cm³/mol. The van der Waals surface area contributed by atoms with E-state index in [1.54, 1.807) is 6.92 Å². The molecule has 3 unspecified atom stereocenters. The number of halogens is 4. The quantitative estimate of drug-likeness (QED) is 0.163. The highest BCUT2D eigenvalue weighted by atomic mass is 32.2. The largest absolute Gasteiger partial charge is 0.743 e. The van der Waals surface area contributed by atoms with E-state index in [1.165, 1.54) is 6.92 Å². The standard InChI is InChI=1S/C20H28F4O6S/c1-12(2)16(25)29-13(3)30-18-9-14-6-15(10-18)8-17(7-14,11-18)4-5-19(21,22)20(23,24)31(26,27)28/h13-15H,1,4-11H2,2-3H3,(H,26,27,28)/p-1. The van der Waals surface area contributed by atoms with Crippen LogP contribution in [0.2, 0.25) is 0 Å². The average Bonchev–Trinajstić information content (AvgIpc) is 2.57. The van der Waals surface area contributed by atoms with Crippen LogP contribution in [0.3, 0.4) is 0 Å². The van der Waals surface area contributed by atoms with Gasteiger partial charge in [0, 0.05) is 12.0 Å². The summed E-state index contributed by atoms with van der Waals surface area (Å²) in [5, 5.41) is -5.66. The van der Waals surface area contributed by atoms with Crippen LogP contribution in [0.25, 0.3) is 0 Å². The van der Waals surface area contributed by atoms with Gasteiger partial charge in [-0.25, -0.2) is 13.2 Å². The van der Waals surface area contributed by atoms with Gasteiger partial charge in [0.25, 0.3) is 0 Å². The first-order valence-corrected chi connectivity index (χ1v) is 11.7. The van der Waals surface area contributed by atoms with Gasteiger partial charge in [0.15, 0.2) is 10.1 Å². The lowest BCUT2D eigenvalue weighted by atomic mass is 9.47. The van der Waals surface area contributed by atoms with Crippen molar-refractivity contribution in [1.82, 2.24) is 0 Å². The maximum absolute atomic E-state index is 14.1. The third-order valence-electron chi connectivity index (χ3n) is 6.88. The number of alkyl halides is 4. The second kappa shape index (κ2) is 7.69. The lowest BCUT2D eigenvalue weighted by molar-refractivity contribution is -0.261. The van der Waals surface area contributed by atoms with E-state index in [1.807, 2.05) is 0 Å². The van der Waals surface area contributed by atoms with Gasteiger partial charge in [0.1, 0.15) is 0 Å². The Bertz CT molecular complexity index is 842. The number of carbonyl (C=O) groups excluding carboxylic acids is 1. The van der Waals surface area contributed by atoms with Gasteiger partial charge < -0.3 is 14.0 Å². The van der Waals surface area contributed by atoms with Crippen molar-refractivity contribution < 1.29 is 44.8 Å². The van der Waals surface area contributed by atoms with E-state index < -0.39 is 51.0 Å². The van der Waals surface area contributed by atoms with Crippen molar-refractivity contribution in [1.29, 1.82) is 0 Å². The Labute approximate surface area is 179 Å². The minimum absolute atomic E-state index is 0.155. The number of ether oxygens (including phenoxy) is 2. The van der Waals surface area contributed by atoms with E-state index in [-0.39, 0.29) is 23.8 Å². The summed E-state index contributed by atoms with van der Waals surface area (Å²) in [5.41, 5.74) is -1.23. The number of hydrogen-bond acceptors (Lipinski definition) is 6. The molecule has 0 N–H and O–H groups in total. The molecule has 0 aliphatic heterocycles. The van der Waals surface area contributed by atoms with Crippen molar-refractivity contribution in [2.45, 2.75) is 88.3 Å². The minimum Gasteiger partial charge on any atom is -0.743 e. The molecule has 4 fully saturated rings. The molecule has 0 aromatic heterocycles. The normalized spacial score (nSPS) is 33.9. The molecule has 4 rings (SSSR count).